The molecule has 2 aromatic carbocycles. The fourth-order valence-electron chi connectivity index (χ4n) is 1.85. The third kappa shape index (κ3) is 3.72. The topological polar surface area (TPSA) is 45.0 Å². The van der Waals surface area contributed by atoms with Gasteiger partial charge in [0.2, 0.25) is 0 Å². The first-order valence-electron chi connectivity index (χ1n) is 6.31. The quantitative estimate of drug-likeness (QED) is 0.896. The van der Waals surface area contributed by atoms with Gasteiger partial charge in [0, 0.05) is 11.7 Å². The summed E-state index contributed by atoms with van der Waals surface area (Å²) in [6, 6.07) is 15.8. The number of nitrogens with one attached hydrogen (secondary N) is 1. The van der Waals surface area contributed by atoms with Crippen LogP contribution in [-0.4, -0.2) is 6.61 Å². The second-order valence-electron chi connectivity index (χ2n) is 4.39. The van der Waals surface area contributed by atoms with Crippen LogP contribution < -0.4 is 10.1 Å². The molecule has 3 nitrogen and oxygen atoms in total. The number of nitriles is 1. The van der Waals surface area contributed by atoms with E-state index in [0.717, 1.165) is 11.3 Å². The first-order chi connectivity index (χ1) is 9.69. The molecule has 0 aliphatic rings. The minimum atomic E-state index is -0.236. The molecule has 1 atom stereocenters. The Bertz CT molecular complexity index is 587. The highest BCUT2D eigenvalue weighted by Gasteiger charge is 2.05. The number of anilines is 1. The molecule has 0 aromatic heterocycles. The predicted molar refractivity (Wildman–Crippen MR) is 76.0 cm³/mol. The van der Waals surface area contributed by atoms with Gasteiger partial charge in [0.25, 0.3) is 0 Å². The first-order valence-corrected chi connectivity index (χ1v) is 6.31. The number of benzene rings is 2. The lowest BCUT2D eigenvalue weighted by atomic mass is 10.1. The molecule has 102 valence electrons. The van der Waals surface area contributed by atoms with Crippen LogP contribution >= 0.6 is 0 Å². The first kappa shape index (κ1) is 13.9. The summed E-state index contributed by atoms with van der Waals surface area (Å²) in [6.07, 6.45) is 0. The fourth-order valence-corrected chi connectivity index (χ4v) is 1.85. The van der Waals surface area contributed by atoms with Crippen molar-refractivity contribution in [3.63, 3.8) is 0 Å². The third-order valence-electron chi connectivity index (χ3n) is 2.91. The molecule has 2 aromatic rings. The Labute approximate surface area is 117 Å². The van der Waals surface area contributed by atoms with Crippen molar-refractivity contribution in [3.8, 4) is 11.8 Å². The van der Waals surface area contributed by atoms with E-state index in [0.29, 0.717) is 5.75 Å². The van der Waals surface area contributed by atoms with Crippen molar-refractivity contribution < 1.29 is 9.13 Å². The van der Waals surface area contributed by atoms with Gasteiger partial charge in [-0.3, -0.25) is 0 Å². The van der Waals surface area contributed by atoms with Crippen molar-refractivity contribution in [1.29, 1.82) is 5.26 Å². The van der Waals surface area contributed by atoms with Crippen LogP contribution in [0.5, 0.6) is 5.75 Å². The zero-order valence-corrected chi connectivity index (χ0v) is 11.1. The molecule has 4 heteroatoms. The maximum Gasteiger partial charge on any atom is 0.174 e. The molecule has 0 amide bonds. The normalized spacial score (nSPS) is 11.4. The molecule has 1 unspecified atom stereocenters. The lowest BCUT2D eigenvalue weighted by Gasteiger charge is -2.16. The van der Waals surface area contributed by atoms with Crippen LogP contribution in [0.1, 0.15) is 18.5 Å². The zero-order chi connectivity index (χ0) is 14.4. The summed E-state index contributed by atoms with van der Waals surface area (Å²) in [5.41, 5.74) is 1.95. The van der Waals surface area contributed by atoms with Gasteiger partial charge in [0.05, 0.1) is 0 Å². The Morgan fingerprint density at radius 2 is 1.80 bits per heavy atom. The molecule has 1 N–H and O–H groups in total. The van der Waals surface area contributed by atoms with Gasteiger partial charge >= 0.3 is 0 Å². The van der Waals surface area contributed by atoms with Gasteiger partial charge in [0.15, 0.2) is 6.61 Å². The summed E-state index contributed by atoms with van der Waals surface area (Å²) < 4.78 is 18.0. The van der Waals surface area contributed by atoms with E-state index in [1.54, 1.807) is 24.3 Å². The minimum Gasteiger partial charge on any atom is -0.479 e. The molecule has 0 radical (unpaired) electrons. The van der Waals surface area contributed by atoms with Crippen molar-refractivity contribution in [2.45, 2.75) is 13.0 Å². The molecule has 0 aliphatic heterocycles. The maximum atomic E-state index is 12.9. The Kier molecular flexibility index (Phi) is 4.56. The summed E-state index contributed by atoms with van der Waals surface area (Å²) in [5, 5.41) is 11.8. The highest BCUT2D eigenvalue weighted by atomic mass is 19.1. The Morgan fingerprint density at radius 3 is 2.40 bits per heavy atom. The van der Waals surface area contributed by atoms with E-state index in [2.05, 4.69) is 5.32 Å². The monoisotopic (exact) mass is 270 g/mol. The van der Waals surface area contributed by atoms with Gasteiger partial charge in [-0.1, -0.05) is 12.1 Å². The number of rotatable bonds is 5. The lowest BCUT2D eigenvalue weighted by molar-refractivity contribution is 0.368. The van der Waals surface area contributed by atoms with Crippen LogP contribution in [0, 0.1) is 17.1 Å². The number of hydrogen-bond acceptors (Lipinski definition) is 3. The van der Waals surface area contributed by atoms with Crippen molar-refractivity contribution in [2.24, 2.45) is 0 Å². The molecule has 0 saturated carbocycles. The van der Waals surface area contributed by atoms with E-state index in [9.17, 15) is 4.39 Å². The molecule has 0 bridgehead atoms. The minimum absolute atomic E-state index is 0.0404. The predicted octanol–water partition coefficient (Wildman–Crippen LogP) is 3.90. The largest absolute Gasteiger partial charge is 0.479 e. The van der Waals surface area contributed by atoms with Crippen LogP contribution in [0.25, 0.3) is 0 Å². The van der Waals surface area contributed by atoms with E-state index in [1.165, 1.54) is 12.1 Å². The third-order valence-corrected chi connectivity index (χ3v) is 2.91. The van der Waals surface area contributed by atoms with E-state index in [4.69, 9.17) is 10.00 Å². The SMILES string of the molecule is CC(Nc1ccc(OCC#N)cc1)c1ccc(F)cc1. The van der Waals surface area contributed by atoms with Crippen molar-refractivity contribution >= 4 is 5.69 Å². The van der Waals surface area contributed by atoms with Crippen LogP contribution in [0.3, 0.4) is 0 Å². The fraction of sp³-hybridized carbons (Fsp3) is 0.188. The lowest BCUT2D eigenvalue weighted by Crippen LogP contribution is -2.06. The molecule has 2 rings (SSSR count). The van der Waals surface area contributed by atoms with E-state index in [-0.39, 0.29) is 18.5 Å². The molecule has 20 heavy (non-hydrogen) atoms. The molecule has 0 heterocycles. The molecular formula is C16H15FN2O. The van der Waals surface area contributed by atoms with Crippen LogP contribution in [0.2, 0.25) is 0 Å². The van der Waals surface area contributed by atoms with E-state index in [1.807, 2.05) is 25.1 Å². The number of nitrogens with zero attached hydrogens (tertiary/aromatic N) is 1. The van der Waals surface area contributed by atoms with Crippen LogP contribution in [0.15, 0.2) is 48.5 Å². The Morgan fingerprint density at radius 1 is 1.15 bits per heavy atom. The highest BCUT2D eigenvalue weighted by Crippen LogP contribution is 2.21. The highest BCUT2D eigenvalue weighted by molar-refractivity contribution is 5.48. The van der Waals surface area contributed by atoms with Crippen molar-refractivity contribution in [2.75, 3.05) is 11.9 Å². The Hall–Kier alpha value is -2.54. The van der Waals surface area contributed by atoms with Crippen molar-refractivity contribution in [1.82, 2.24) is 0 Å². The molecule has 0 spiro atoms. The van der Waals surface area contributed by atoms with Crippen LogP contribution in [-0.2, 0) is 0 Å². The molecule has 0 fully saturated rings. The van der Waals surface area contributed by atoms with Gasteiger partial charge in [-0.2, -0.15) is 5.26 Å². The van der Waals surface area contributed by atoms with Crippen molar-refractivity contribution in [3.05, 3.63) is 59.9 Å². The maximum absolute atomic E-state index is 12.9. The van der Waals surface area contributed by atoms with Crippen LogP contribution in [0.4, 0.5) is 10.1 Å². The number of hydrogen-bond donors (Lipinski definition) is 1. The standard InChI is InChI=1S/C16H15FN2O/c1-12(13-2-4-14(17)5-3-13)19-15-6-8-16(9-7-15)20-11-10-18/h2-9,12,19H,11H2,1H3. The second-order valence-corrected chi connectivity index (χ2v) is 4.39. The molecule has 0 aliphatic carbocycles. The summed E-state index contributed by atoms with van der Waals surface area (Å²) >= 11 is 0. The van der Waals surface area contributed by atoms with E-state index < -0.39 is 0 Å². The summed E-state index contributed by atoms with van der Waals surface area (Å²) in [6.45, 7) is 2.05. The van der Waals surface area contributed by atoms with E-state index >= 15 is 0 Å². The van der Waals surface area contributed by atoms with Gasteiger partial charge < -0.3 is 10.1 Å². The number of halogens is 1. The van der Waals surface area contributed by atoms with Gasteiger partial charge in [-0.05, 0) is 48.9 Å². The second kappa shape index (κ2) is 6.58. The molecular weight excluding hydrogens is 255 g/mol. The summed E-state index contributed by atoms with van der Waals surface area (Å²) in [5.74, 6) is 0.423. The van der Waals surface area contributed by atoms with Gasteiger partial charge in [-0.25, -0.2) is 4.39 Å². The average molecular weight is 270 g/mol. The number of ether oxygens (including phenoxy) is 1. The zero-order valence-electron chi connectivity index (χ0n) is 11.1. The average Bonchev–Trinajstić information content (AvgIpc) is 2.47. The summed E-state index contributed by atoms with van der Waals surface area (Å²) in [7, 11) is 0. The smallest absolute Gasteiger partial charge is 0.174 e. The van der Waals surface area contributed by atoms with Gasteiger partial charge in [-0.15, -0.1) is 0 Å². The van der Waals surface area contributed by atoms with Gasteiger partial charge in [0.1, 0.15) is 17.6 Å². The molecule has 0 saturated heterocycles. The Balaban J connectivity index is 1.99. The summed E-state index contributed by atoms with van der Waals surface area (Å²) in [4.78, 5) is 0.